The van der Waals surface area contributed by atoms with Gasteiger partial charge in [-0.25, -0.2) is 4.79 Å². The van der Waals surface area contributed by atoms with Gasteiger partial charge in [0.1, 0.15) is 6.61 Å². The number of hydrogen-bond acceptors (Lipinski definition) is 5. The van der Waals surface area contributed by atoms with Gasteiger partial charge in [-0.2, -0.15) is 0 Å². The van der Waals surface area contributed by atoms with Gasteiger partial charge in [-0.05, 0) is 24.6 Å². The van der Waals surface area contributed by atoms with Gasteiger partial charge in [0.2, 0.25) is 5.88 Å². The first kappa shape index (κ1) is 15.4. The predicted molar refractivity (Wildman–Crippen MR) is 89.7 cm³/mol. The van der Waals surface area contributed by atoms with Crippen molar-refractivity contribution in [3.63, 3.8) is 0 Å². The number of rotatable bonds is 5. The van der Waals surface area contributed by atoms with Crippen LogP contribution < -0.4 is 4.90 Å². The van der Waals surface area contributed by atoms with Crippen molar-refractivity contribution in [2.75, 3.05) is 4.90 Å². The first-order valence-electron chi connectivity index (χ1n) is 7.17. The maximum Gasteiger partial charge on any atom is 0.347 e. The Labute approximate surface area is 138 Å². The summed E-state index contributed by atoms with van der Waals surface area (Å²) in [7, 11) is 0. The van der Waals surface area contributed by atoms with E-state index in [1.165, 1.54) is 11.8 Å². The van der Waals surface area contributed by atoms with Crippen LogP contribution in [0.15, 0.2) is 65.6 Å². The molecule has 3 rings (SSSR count). The van der Waals surface area contributed by atoms with Crippen molar-refractivity contribution in [3.05, 3.63) is 71.2 Å². The molecule has 2 aromatic rings. The topological polar surface area (TPSA) is 62.7 Å². The van der Waals surface area contributed by atoms with Crippen LogP contribution in [0.1, 0.15) is 12.5 Å². The summed E-state index contributed by atoms with van der Waals surface area (Å²) >= 11 is 1.27. The Hall–Kier alpha value is -2.47. The molecule has 1 N–H and O–H groups in total. The van der Waals surface area contributed by atoms with Crippen molar-refractivity contribution >= 4 is 23.4 Å². The van der Waals surface area contributed by atoms with E-state index in [1.807, 2.05) is 54.3 Å². The number of carboxylic acids is 1. The summed E-state index contributed by atoms with van der Waals surface area (Å²) < 4.78 is 5.88. The lowest BCUT2D eigenvalue weighted by Crippen LogP contribution is -2.27. The van der Waals surface area contributed by atoms with Gasteiger partial charge in [-0.15, -0.1) is 0 Å². The van der Waals surface area contributed by atoms with Crippen LogP contribution in [0, 0.1) is 0 Å². The number of thioether (sulfide) groups is 1. The Balaban J connectivity index is 1.90. The van der Waals surface area contributed by atoms with Gasteiger partial charge in [0, 0.05) is 6.20 Å². The third-order valence-electron chi connectivity index (χ3n) is 3.40. The second kappa shape index (κ2) is 6.75. The van der Waals surface area contributed by atoms with E-state index in [0.717, 1.165) is 11.3 Å². The van der Waals surface area contributed by atoms with Gasteiger partial charge in [0.25, 0.3) is 0 Å². The van der Waals surface area contributed by atoms with Gasteiger partial charge in [0.05, 0.1) is 17.3 Å². The van der Waals surface area contributed by atoms with Crippen molar-refractivity contribution in [3.8, 4) is 0 Å². The van der Waals surface area contributed by atoms with Crippen LogP contribution in [0.2, 0.25) is 0 Å². The molecular formula is C17H16N2O3S. The van der Waals surface area contributed by atoms with E-state index >= 15 is 0 Å². The lowest BCUT2D eigenvalue weighted by atomic mass is 10.2. The van der Waals surface area contributed by atoms with Gasteiger partial charge in [-0.1, -0.05) is 42.1 Å². The second-order valence-electron chi connectivity index (χ2n) is 5.01. The summed E-state index contributed by atoms with van der Waals surface area (Å²) in [5, 5.41) is 9.39. The zero-order chi connectivity index (χ0) is 16.2. The molecule has 0 saturated carbocycles. The first-order valence-corrected chi connectivity index (χ1v) is 8.05. The van der Waals surface area contributed by atoms with Crippen molar-refractivity contribution in [1.82, 2.24) is 4.98 Å². The molecule has 0 aliphatic carbocycles. The Kier molecular flexibility index (Phi) is 4.52. The summed E-state index contributed by atoms with van der Waals surface area (Å²) in [6.07, 6.45) is 3.39. The highest BCUT2D eigenvalue weighted by atomic mass is 32.2. The van der Waals surface area contributed by atoms with Crippen molar-refractivity contribution in [2.24, 2.45) is 0 Å². The van der Waals surface area contributed by atoms with E-state index in [4.69, 9.17) is 4.74 Å². The first-order chi connectivity index (χ1) is 11.2. The highest BCUT2D eigenvalue weighted by Crippen LogP contribution is 2.41. The lowest BCUT2D eigenvalue weighted by molar-refractivity contribution is -0.132. The molecule has 118 valence electrons. The number of aliphatic carboxylic acids is 1. The fraction of sp³-hybridized carbons (Fsp3) is 0.176. The minimum atomic E-state index is -0.976. The molecule has 1 aliphatic rings. The average molecular weight is 328 g/mol. The second-order valence-corrected chi connectivity index (χ2v) is 6.34. The molecule has 1 aromatic carbocycles. The van der Waals surface area contributed by atoms with Crippen molar-refractivity contribution < 1.29 is 14.6 Å². The molecule has 6 heteroatoms. The molecule has 0 bridgehead atoms. The van der Waals surface area contributed by atoms with E-state index in [0.29, 0.717) is 12.5 Å². The number of benzene rings is 1. The molecule has 0 radical (unpaired) electrons. The average Bonchev–Trinajstić information content (AvgIpc) is 2.91. The quantitative estimate of drug-likeness (QED) is 0.907. The third-order valence-corrected chi connectivity index (χ3v) is 4.54. The van der Waals surface area contributed by atoms with E-state index in [2.05, 4.69) is 4.98 Å². The summed E-state index contributed by atoms with van der Waals surface area (Å²) in [5.74, 6) is -0.608. The van der Waals surface area contributed by atoms with Crippen LogP contribution >= 0.6 is 11.8 Å². The van der Waals surface area contributed by atoms with Crippen LogP contribution in [0.25, 0.3) is 0 Å². The fourth-order valence-corrected chi connectivity index (χ4v) is 3.40. The maximum atomic E-state index is 11.5. The maximum absolute atomic E-state index is 11.5. The van der Waals surface area contributed by atoms with Crippen LogP contribution in [-0.2, 0) is 16.1 Å². The minimum Gasteiger partial charge on any atom is -0.477 e. The SMILES string of the molecule is CC1SC(C(=O)O)=C(OCc2ccccc2)N1c1cccnc1. The molecule has 1 atom stereocenters. The summed E-state index contributed by atoms with van der Waals surface area (Å²) in [6.45, 7) is 2.26. The molecule has 0 spiro atoms. The molecule has 5 nitrogen and oxygen atoms in total. The number of hydrogen-bond donors (Lipinski definition) is 1. The third kappa shape index (κ3) is 3.32. The predicted octanol–water partition coefficient (Wildman–Crippen LogP) is 3.45. The largest absolute Gasteiger partial charge is 0.477 e. The van der Waals surface area contributed by atoms with Crippen LogP contribution in [0.3, 0.4) is 0 Å². The number of anilines is 1. The number of pyridine rings is 1. The number of carbonyl (C=O) groups is 1. The van der Waals surface area contributed by atoms with E-state index in [9.17, 15) is 9.90 Å². The summed E-state index contributed by atoms with van der Waals surface area (Å²) in [5.41, 5.74) is 1.80. The Bertz CT molecular complexity index is 719. The van der Waals surface area contributed by atoms with Gasteiger partial charge >= 0.3 is 5.97 Å². The van der Waals surface area contributed by atoms with E-state index in [1.54, 1.807) is 12.4 Å². The van der Waals surface area contributed by atoms with Crippen LogP contribution in [0.5, 0.6) is 0 Å². The zero-order valence-electron chi connectivity index (χ0n) is 12.5. The van der Waals surface area contributed by atoms with Crippen LogP contribution in [0.4, 0.5) is 5.69 Å². The molecule has 0 saturated heterocycles. The zero-order valence-corrected chi connectivity index (χ0v) is 13.4. The highest BCUT2D eigenvalue weighted by Gasteiger charge is 2.36. The lowest BCUT2D eigenvalue weighted by Gasteiger charge is -2.25. The number of carboxylic acid groups (broad SMARTS) is 1. The van der Waals surface area contributed by atoms with E-state index in [-0.39, 0.29) is 10.3 Å². The number of nitrogens with zero attached hydrogens (tertiary/aromatic N) is 2. The Morgan fingerprint density at radius 1 is 1.30 bits per heavy atom. The fourth-order valence-electron chi connectivity index (χ4n) is 2.37. The molecular weight excluding hydrogens is 312 g/mol. The summed E-state index contributed by atoms with van der Waals surface area (Å²) in [6, 6.07) is 13.4. The van der Waals surface area contributed by atoms with Gasteiger partial charge in [0.15, 0.2) is 4.91 Å². The molecule has 1 unspecified atom stereocenters. The molecule has 23 heavy (non-hydrogen) atoms. The minimum absolute atomic E-state index is 0.0731. The van der Waals surface area contributed by atoms with E-state index < -0.39 is 5.97 Å². The standard InChI is InChI=1S/C17H16N2O3S/c1-12-19(14-8-5-9-18-10-14)16(15(23-12)17(20)21)22-11-13-6-3-2-4-7-13/h2-10,12H,11H2,1H3,(H,20,21). The highest BCUT2D eigenvalue weighted by molar-refractivity contribution is 8.04. The van der Waals surface area contributed by atoms with Gasteiger partial charge in [-0.3, -0.25) is 9.88 Å². The smallest absolute Gasteiger partial charge is 0.347 e. The van der Waals surface area contributed by atoms with Crippen LogP contribution in [-0.4, -0.2) is 21.4 Å². The molecule has 0 fully saturated rings. The van der Waals surface area contributed by atoms with Gasteiger partial charge < -0.3 is 9.84 Å². The number of aromatic nitrogens is 1. The molecule has 2 heterocycles. The Morgan fingerprint density at radius 3 is 2.74 bits per heavy atom. The molecule has 1 aliphatic heterocycles. The normalized spacial score (nSPS) is 17.4. The van der Waals surface area contributed by atoms with Crippen molar-refractivity contribution in [1.29, 1.82) is 0 Å². The molecule has 1 aromatic heterocycles. The Morgan fingerprint density at radius 2 is 2.09 bits per heavy atom. The monoisotopic (exact) mass is 328 g/mol. The summed E-state index contributed by atoms with van der Waals surface area (Å²) in [4.78, 5) is 17.7. The molecule has 0 amide bonds. The number of ether oxygens (including phenoxy) is 1. The van der Waals surface area contributed by atoms with Crippen molar-refractivity contribution in [2.45, 2.75) is 18.9 Å².